The summed E-state index contributed by atoms with van der Waals surface area (Å²) in [6.45, 7) is 6.80. The van der Waals surface area contributed by atoms with Crippen molar-refractivity contribution in [1.82, 2.24) is 5.32 Å². The monoisotopic (exact) mass is 265 g/mol. The van der Waals surface area contributed by atoms with Crippen molar-refractivity contribution in [2.24, 2.45) is 5.92 Å². The van der Waals surface area contributed by atoms with Gasteiger partial charge in [-0.3, -0.25) is 0 Å². The van der Waals surface area contributed by atoms with E-state index in [9.17, 15) is 4.39 Å². The zero-order valence-electron chi connectivity index (χ0n) is 11.9. The molecular formula is C16H24FNO. The highest BCUT2D eigenvalue weighted by molar-refractivity contribution is 5.29. The number of hydrogen-bond donors (Lipinski definition) is 1. The van der Waals surface area contributed by atoms with Crippen LogP contribution in [0.25, 0.3) is 0 Å². The van der Waals surface area contributed by atoms with Gasteiger partial charge in [0.2, 0.25) is 0 Å². The van der Waals surface area contributed by atoms with Crippen molar-refractivity contribution in [3.63, 3.8) is 0 Å². The Kier molecular flexibility index (Phi) is 5.34. The Labute approximate surface area is 115 Å². The molecule has 3 heteroatoms. The summed E-state index contributed by atoms with van der Waals surface area (Å²) in [5, 5.41) is 3.51. The molecule has 0 aromatic heterocycles. The lowest BCUT2D eigenvalue weighted by molar-refractivity contribution is 0.0605. The molecule has 106 valence electrons. The molecule has 0 radical (unpaired) electrons. The number of ether oxygens (including phenoxy) is 1. The van der Waals surface area contributed by atoms with Gasteiger partial charge in [-0.25, -0.2) is 4.39 Å². The number of halogens is 1. The number of rotatable bonds is 5. The molecule has 0 aliphatic carbocycles. The lowest BCUT2D eigenvalue weighted by Crippen LogP contribution is -2.27. The van der Waals surface area contributed by atoms with Crippen LogP contribution in [-0.4, -0.2) is 19.8 Å². The SMILES string of the molecule is CCNC(CC1CCOCC1)c1cc(F)ccc1C. The normalized spacial score (nSPS) is 18.5. The second-order valence-corrected chi connectivity index (χ2v) is 5.40. The highest BCUT2D eigenvalue weighted by Crippen LogP contribution is 2.29. The zero-order chi connectivity index (χ0) is 13.7. The van der Waals surface area contributed by atoms with Gasteiger partial charge in [-0.2, -0.15) is 0 Å². The second kappa shape index (κ2) is 7.01. The molecule has 0 amide bonds. The van der Waals surface area contributed by atoms with Crippen molar-refractivity contribution >= 4 is 0 Å². The van der Waals surface area contributed by atoms with Gasteiger partial charge in [0.1, 0.15) is 5.82 Å². The molecule has 0 saturated carbocycles. The third kappa shape index (κ3) is 4.02. The molecule has 1 aromatic rings. The van der Waals surface area contributed by atoms with Crippen LogP contribution in [0.3, 0.4) is 0 Å². The van der Waals surface area contributed by atoms with Gasteiger partial charge in [0, 0.05) is 19.3 Å². The minimum absolute atomic E-state index is 0.143. The van der Waals surface area contributed by atoms with Crippen molar-refractivity contribution in [3.05, 3.63) is 35.1 Å². The van der Waals surface area contributed by atoms with E-state index in [1.807, 2.05) is 6.07 Å². The maximum absolute atomic E-state index is 13.5. The maximum atomic E-state index is 13.5. The Morgan fingerprint density at radius 2 is 2.11 bits per heavy atom. The van der Waals surface area contributed by atoms with E-state index < -0.39 is 0 Å². The Bertz CT molecular complexity index is 402. The smallest absolute Gasteiger partial charge is 0.123 e. The van der Waals surface area contributed by atoms with Crippen LogP contribution in [0.4, 0.5) is 4.39 Å². The molecule has 1 N–H and O–H groups in total. The van der Waals surface area contributed by atoms with Gasteiger partial charge >= 0.3 is 0 Å². The fourth-order valence-corrected chi connectivity index (χ4v) is 2.87. The van der Waals surface area contributed by atoms with Gasteiger partial charge in [0.25, 0.3) is 0 Å². The summed E-state index contributed by atoms with van der Waals surface area (Å²) in [6.07, 6.45) is 3.31. The van der Waals surface area contributed by atoms with E-state index in [2.05, 4.69) is 19.2 Å². The number of benzene rings is 1. The van der Waals surface area contributed by atoms with E-state index in [4.69, 9.17) is 4.74 Å². The summed E-state index contributed by atoms with van der Waals surface area (Å²) in [5.41, 5.74) is 2.27. The Balaban J connectivity index is 2.11. The van der Waals surface area contributed by atoms with Gasteiger partial charge in [0.15, 0.2) is 0 Å². The molecule has 1 unspecified atom stereocenters. The van der Waals surface area contributed by atoms with E-state index in [1.165, 1.54) is 11.6 Å². The molecule has 1 aliphatic rings. The highest BCUT2D eigenvalue weighted by atomic mass is 19.1. The predicted molar refractivity (Wildman–Crippen MR) is 75.7 cm³/mol. The second-order valence-electron chi connectivity index (χ2n) is 5.40. The molecule has 0 spiro atoms. The number of aryl methyl sites for hydroxylation is 1. The Hall–Kier alpha value is -0.930. The molecule has 1 heterocycles. The molecule has 0 bridgehead atoms. The van der Waals surface area contributed by atoms with Crippen LogP contribution in [0.1, 0.15) is 43.4 Å². The Morgan fingerprint density at radius 3 is 2.79 bits per heavy atom. The van der Waals surface area contributed by atoms with Crippen molar-refractivity contribution in [1.29, 1.82) is 0 Å². The summed E-state index contributed by atoms with van der Waals surface area (Å²) >= 11 is 0. The van der Waals surface area contributed by atoms with Gasteiger partial charge in [-0.15, -0.1) is 0 Å². The first-order valence-corrected chi connectivity index (χ1v) is 7.28. The molecule has 2 nitrogen and oxygen atoms in total. The third-order valence-corrected chi connectivity index (χ3v) is 3.98. The predicted octanol–water partition coefficient (Wildman–Crippen LogP) is 3.60. The van der Waals surface area contributed by atoms with Crippen LogP contribution in [0.2, 0.25) is 0 Å². The van der Waals surface area contributed by atoms with Gasteiger partial charge in [-0.1, -0.05) is 13.0 Å². The van der Waals surface area contributed by atoms with Gasteiger partial charge in [-0.05, 0) is 61.9 Å². The molecule has 2 rings (SSSR count). The lowest BCUT2D eigenvalue weighted by atomic mass is 9.88. The topological polar surface area (TPSA) is 21.3 Å². The molecule has 1 saturated heterocycles. The van der Waals surface area contributed by atoms with Crippen molar-refractivity contribution in [2.75, 3.05) is 19.8 Å². The average molecular weight is 265 g/mol. The highest BCUT2D eigenvalue weighted by Gasteiger charge is 2.21. The third-order valence-electron chi connectivity index (χ3n) is 3.98. The summed E-state index contributed by atoms with van der Waals surface area (Å²) in [4.78, 5) is 0. The molecule has 19 heavy (non-hydrogen) atoms. The minimum atomic E-state index is -0.143. The standard InChI is InChI=1S/C16H24FNO/c1-3-18-16(10-13-6-8-19-9-7-13)15-11-14(17)5-4-12(15)2/h4-5,11,13,16,18H,3,6-10H2,1-2H3. The van der Waals surface area contributed by atoms with Crippen LogP contribution in [0.15, 0.2) is 18.2 Å². The van der Waals surface area contributed by atoms with Crippen LogP contribution >= 0.6 is 0 Å². The molecule has 1 aliphatic heterocycles. The van der Waals surface area contributed by atoms with Gasteiger partial charge < -0.3 is 10.1 Å². The maximum Gasteiger partial charge on any atom is 0.123 e. The fraction of sp³-hybridized carbons (Fsp3) is 0.625. The average Bonchev–Trinajstić information content (AvgIpc) is 2.42. The fourth-order valence-electron chi connectivity index (χ4n) is 2.87. The first-order valence-electron chi connectivity index (χ1n) is 7.28. The van der Waals surface area contributed by atoms with E-state index in [-0.39, 0.29) is 11.9 Å². The van der Waals surface area contributed by atoms with Crippen molar-refractivity contribution in [2.45, 2.75) is 39.2 Å². The quantitative estimate of drug-likeness (QED) is 0.878. The number of nitrogens with one attached hydrogen (secondary N) is 1. The first kappa shape index (κ1) is 14.5. The van der Waals surface area contributed by atoms with Crippen LogP contribution in [0, 0.1) is 18.7 Å². The van der Waals surface area contributed by atoms with E-state index in [0.29, 0.717) is 5.92 Å². The van der Waals surface area contributed by atoms with Crippen LogP contribution in [-0.2, 0) is 4.74 Å². The summed E-state index contributed by atoms with van der Waals surface area (Å²) < 4.78 is 18.9. The zero-order valence-corrected chi connectivity index (χ0v) is 11.9. The molecule has 1 atom stereocenters. The van der Waals surface area contributed by atoms with E-state index in [1.54, 1.807) is 6.07 Å². The minimum Gasteiger partial charge on any atom is -0.381 e. The van der Waals surface area contributed by atoms with E-state index >= 15 is 0 Å². The molecule has 1 fully saturated rings. The summed E-state index contributed by atoms with van der Waals surface area (Å²) in [7, 11) is 0. The van der Waals surface area contributed by atoms with Crippen molar-refractivity contribution < 1.29 is 9.13 Å². The largest absolute Gasteiger partial charge is 0.381 e. The molecule has 1 aromatic carbocycles. The van der Waals surface area contributed by atoms with Gasteiger partial charge in [0.05, 0.1) is 0 Å². The first-order chi connectivity index (χ1) is 9.20. The molecular weight excluding hydrogens is 241 g/mol. The van der Waals surface area contributed by atoms with Crippen LogP contribution < -0.4 is 5.32 Å². The number of hydrogen-bond acceptors (Lipinski definition) is 2. The van der Waals surface area contributed by atoms with Crippen molar-refractivity contribution in [3.8, 4) is 0 Å². The lowest BCUT2D eigenvalue weighted by Gasteiger charge is -2.28. The van der Waals surface area contributed by atoms with E-state index in [0.717, 1.165) is 44.6 Å². The summed E-state index contributed by atoms with van der Waals surface area (Å²) in [6, 6.07) is 5.35. The Morgan fingerprint density at radius 1 is 1.37 bits per heavy atom. The van der Waals surface area contributed by atoms with Crippen LogP contribution in [0.5, 0.6) is 0 Å². The summed E-state index contributed by atoms with van der Waals surface area (Å²) in [5.74, 6) is 0.538.